The number of carbonyl (C=O) groups excluding carboxylic acids is 1. The summed E-state index contributed by atoms with van der Waals surface area (Å²) in [4.78, 5) is 21.4. The number of aryl methyl sites for hydroxylation is 1. The number of amides is 1. The van der Waals surface area contributed by atoms with Gasteiger partial charge >= 0.3 is 0 Å². The summed E-state index contributed by atoms with van der Waals surface area (Å²) < 4.78 is 0. The third-order valence-electron chi connectivity index (χ3n) is 5.84. The molecule has 0 bridgehead atoms. The van der Waals surface area contributed by atoms with Crippen LogP contribution in [0.25, 0.3) is 0 Å². The van der Waals surface area contributed by atoms with Gasteiger partial charge < -0.3 is 20.4 Å². The maximum absolute atomic E-state index is 12.5. The van der Waals surface area contributed by atoms with Gasteiger partial charge in [0.25, 0.3) is 0 Å². The number of guanidine groups is 1. The molecule has 3 rings (SSSR count). The smallest absolute Gasteiger partial charge is 0.223 e. The summed E-state index contributed by atoms with van der Waals surface area (Å²) in [5.41, 5.74) is 4.91. The molecule has 1 heterocycles. The van der Waals surface area contributed by atoms with Crippen molar-refractivity contribution in [3.05, 3.63) is 65.2 Å². The van der Waals surface area contributed by atoms with Gasteiger partial charge in [0.15, 0.2) is 5.96 Å². The Balaban J connectivity index is 0.00000385. The van der Waals surface area contributed by atoms with Crippen molar-refractivity contribution < 1.29 is 4.79 Å². The van der Waals surface area contributed by atoms with Gasteiger partial charge in [-0.05, 0) is 43.0 Å². The second-order valence-corrected chi connectivity index (χ2v) is 8.75. The lowest BCUT2D eigenvalue weighted by molar-refractivity contribution is -0.127. The van der Waals surface area contributed by atoms with Gasteiger partial charge in [-0.15, -0.1) is 24.0 Å². The van der Waals surface area contributed by atoms with Gasteiger partial charge in [0.05, 0.1) is 6.54 Å². The highest BCUT2D eigenvalue weighted by molar-refractivity contribution is 14.0. The van der Waals surface area contributed by atoms with Gasteiger partial charge in [-0.1, -0.05) is 42.5 Å². The van der Waals surface area contributed by atoms with E-state index >= 15 is 0 Å². The third kappa shape index (κ3) is 8.21. The van der Waals surface area contributed by atoms with Crippen LogP contribution in [0.3, 0.4) is 0 Å². The first kappa shape index (κ1) is 27.0. The van der Waals surface area contributed by atoms with Crippen LogP contribution in [0.15, 0.2) is 53.5 Å². The molecule has 0 aromatic heterocycles. The molecule has 2 aromatic carbocycles. The number of nitrogens with zero attached hydrogens (tertiary/aromatic N) is 3. The van der Waals surface area contributed by atoms with Crippen molar-refractivity contribution in [2.75, 3.05) is 45.2 Å². The topological polar surface area (TPSA) is 60.0 Å². The number of carbonyl (C=O) groups is 1. The normalized spacial score (nSPS) is 15.9. The maximum Gasteiger partial charge on any atom is 0.223 e. The number of nitrogens with one attached hydrogen (secondary N) is 2. The fourth-order valence-corrected chi connectivity index (χ4v) is 4.09. The molecule has 7 heteroatoms. The molecular weight excluding hydrogens is 525 g/mol. The fourth-order valence-electron chi connectivity index (χ4n) is 4.09. The predicted molar refractivity (Wildman–Crippen MR) is 149 cm³/mol. The standard InChI is InChI=1S/C26H37N5O.HI/c1-5-27-26(29-18-23-12-11-20(2)15-24(23)30(3)4)28-17-22-16-25(32)31(19-22)14-13-21-9-7-6-8-10-21;/h6-12,15,22H,5,13-14,16-19H2,1-4H3,(H2,27,28,29);1H. The average molecular weight is 564 g/mol. The monoisotopic (exact) mass is 563 g/mol. The van der Waals surface area contributed by atoms with Crippen molar-refractivity contribution in [3.63, 3.8) is 0 Å². The lowest BCUT2D eigenvalue weighted by Crippen LogP contribution is -2.40. The molecule has 33 heavy (non-hydrogen) atoms. The molecule has 0 radical (unpaired) electrons. The zero-order valence-corrected chi connectivity index (χ0v) is 22.6. The molecule has 0 saturated carbocycles. The van der Waals surface area contributed by atoms with E-state index in [4.69, 9.17) is 4.99 Å². The van der Waals surface area contributed by atoms with Gasteiger partial charge in [-0.3, -0.25) is 4.79 Å². The van der Waals surface area contributed by atoms with Crippen LogP contribution in [0.1, 0.15) is 30.0 Å². The molecule has 1 atom stereocenters. The minimum absolute atomic E-state index is 0. The second-order valence-electron chi connectivity index (χ2n) is 8.75. The molecule has 0 aliphatic carbocycles. The molecular formula is C26H38IN5O. The van der Waals surface area contributed by atoms with Crippen LogP contribution in [0.2, 0.25) is 0 Å². The van der Waals surface area contributed by atoms with E-state index in [9.17, 15) is 4.79 Å². The molecule has 1 saturated heterocycles. The third-order valence-corrected chi connectivity index (χ3v) is 5.84. The SMILES string of the molecule is CCNC(=NCc1ccc(C)cc1N(C)C)NCC1CC(=O)N(CCc2ccccc2)C1.I. The van der Waals surface area contributed by atoms with E-state index in [2.05, 4.69) is 73.8 Å². The van der Waals surface area contributed by atoms with Crippen molar-refractivity contribution in [1.29, 1.82) is 0 Å². The minimum Gasteiger partial charge on any atom is -0.377 e. The predicted octanol–water partition coefficient (Wildman–Crippen LogP) is 3.83. The summed E-state index contributed by atoms with van der Waals surface area (Å²) in [6.45, 7) is 7.92. The average Bonchev–Trinajstić information content (AvgIpc) is 3.14. The Bertz CT molecular complexity index is 916. The van der Waals surface area contributed by atoms with Crippen LogP contribution >= 0.6 is 24.0 Å². The Hall–Kier alpha value is -2.29. The van der Waals surface area contributed by atoms with Gasteiger partial charge in [-0.2, -0.15) is 0 Å². The number of likely N-dealkylation sites (tertiary alicyclic amines) is 1. The molecule has 1 unspecified atom stereocenters. The Morgan fingerprint density at radius 2 is 1.91 bits per heavy atom. The lowest BCUT2D eigenvalue weighted by Gasteiger charge is -2.19. The Kier molecular flexibility index (Phi) is 11.0. The summed E-state index contributed by atoms with van der Waals surface area (Å²) >= 11 is 0. The van der Waals surface area contributed by atoms with E-state index in [-0.39, 0.29) is 29.9 Å². The van der Waals surface area contributed by atoms with E-state index in [0.717, 1.165) is 38.6 Å². The summed E-state index contributed by atoms with van der Waals surface area (Å²) in [5, 5.41) is 6.79. The summed E-state index contributed by atoms with van der Waals surface area (Å²) in [6, 6.07) is 16.8. The number of aliphatic imine (C=N–C) groups is 1. The first-order valence-corrected chi connectivity index (χ1v) is 11.6. The first-order chi connectivity index (χ1) is 15.5. The van der Waals surface area contributed by atoms with E-state index in [1.165, 1.54) is 22.4 Å². The summed E-state index contributed by atoms with van der Waals surface area (Å²) in [5.74, 6) is 1.36. The number of benzene rings is 2. The molecule has 0 spiro atoms. The number of rotatable bonds is 9. The van der Waals surface area contributed by atoms with Crippen molar-refractivity contribution in [2.24, 2.45) is 10.9 Å². The molecule has 1 amide bonds. The number of halogens is 1. The van der Waals surface area contributed by atoms with Crippen molar-refractivity contribution in [3.8, 4) is 0 Å². The van der Waals surface area contributed by atoms with Gasteiger partial charge in [0.2, 0.25) is 5.91 Å². The molecule has 1 aliphatic rings. The van der Waals surface area contributed by atoms with Gasteiger partial charge in [-0.25, -0.2) is 4.99 Å². The van der Waals surface area contributed by atoms with E-state index in [0.29, 0.717) is 18.9 Å². The summed E-state index contributed by atoms with van der Waals surface area (Å²) in [7, 11) is 4.12. The minimum atomic E-state index is 0. The number of anilines is 1. The van der Waals surface area contributed by atoms with E-state index < -0.39 is 0 Å². The van der Waals surface area contributed by atoms with Crippen LogP contribution in [-0.2, 0) is 17.8 Å². The number of hydrogen-bond donors (Lipinski definition) is 2. The highest BCUT2D eigenvalue weighted by atomic mass is 127. The van der Waals surface area contributed by atoms with Gasteiger partial charge in [0.1, 0.15) is 0 Å². The Morgan fingerprint density at radius 3 is 2.61 bits per heavy atom. The molecule has 2 aromatic rings. The Labute approximate surface area is 215 Å². The zero-order chi connectivity index (χ0) is 22.9. The molecule has 1 fully saturated rings. The molecule has 6 nitrogen and oxygen atoms in total. The zero-order valence-electron chi connectivity index (χ0n) is 20.3. The van der Waals surface area contributed by atoms with Crippen molar-refractivity contribution in [2.45, 2.75) is 33.2 Å². The highest BCUT2D eigenvalue weighted by Crippen LogP contribution is 2.21. The maximum atomic E-state index is 12.5. The highest BCUT2D eigenvalue weighted by Gasteiger charge is 2.29. The number of hydrogen-bond acceptors (Lipinski definition) is 3. The first-order valence-electron chi connectivity index (χ1n) is 11.6. The van der Waals surface area contributed by atoms with E-state index in [1.807, 2.05) is 23.1 Å². The van der Waals surface area contributed by atoms with Crippen molar-refractivity contribution in [1.82, 2.24) is 15.5 Å². The van der Waals surface area contributed by atoms with Crippen LogP contribution in [0, 0.1) is 12.8 Å². The summed E-state index contributed by atoms with van der Waals surface area (Å²) in [6.07, 6.45) is 1.51. The van der Waals surface area contributed by atoms with Crippen molar-refractivity contribution >= 4 is 41.5 Å². The fraction of sp³-hybridized carbons (Fsp3) is 0.462. The van der Waals surface area contributed by atoms with Crippen LogP contribution < -0.4 is 15.5 Å². The van der Waals surface area contributed by atoms with Crippen LogP contribution in [0.5, 0.6) is 0 Å². The largest absolute Gasteiger partial charge is 0.377 e. The Morgan fingerprint density at radius 1 is 1.15 bits per heavy atom. The quantitative estimate of drug-likeness (QED) is 0.277. The molecule has 1 aliphatic heterocycles. The van der Waals surface area contributed by atoms with Crippen LogP contribution in [-0.4, -0.2) is 57.0 Å². The molecule has 2 N–H and O–H groups in total. The van der Waals surface area contributed by atoms with Crippen LogP contribution in [0.4, 0.5) is 5.69 Å². The molecule has 180 valence electrons. The van der Waals surface area contributed by atoms with Gasteiger partial charge in [0, 0.05) is 58.3 Å². The second kappa shape index (κ2) is 13.4. The lowest BCUT2D eigenvalue weighted by atomic mass is 10.1. The van der Waals surface area contributed by atoms with E-state index in [1.54, 1.807) is 0 Å².